The number of benzene rings is 1. The number of halogens is 1. The van der Waals surface area contributed by atoms with Crippen LogP contribution in [0.3, 0.4) is 0 Å². The number of rotatable bonds is 3. The summed E-state index contributed by atoms with van der Waals surface area (Å²) in [6, 6.07) is 9.74. The number of aromatic nitrogens is 4. The van der Waals surface area contributed by atoms with Gasteiger partial charge >= 0.3 is 0 Å². The molecule has 8 heteroatoms. The molecule has 150 valence electrons. The van der Waals surface area contributed by atoms with Crippen LogP contribution in [0, 0.1) is 24.3 Å². The van der Waals surface area contributed by atoms with Crippen LogP contribution in [0.15, 0.2) is 36.7 Å². The third-order valence-corrected chi connectivity index (χ3v) is 5.94. The van der Waals surface area contributed by atoms with Crippen LogP contribution in [0.4, 0.5) is 5.82 Å². The molecule has 2 aromatic heterocycles. The van der Waals surface area contributed by atoms with E-state index in [2.05, 4.69) is 42.4 Å². The summed E-state index contributed by atoms with van der Waals surface area (Å²) in [5.41, 5.74) is 2.81. The number of anilines is 1. The monoisotopic (exact) mass is 502 g/mol. The van der Waals surface area contributed by atoms with Crippen LogP contribution in [0.25, 0.3) is 5.82 Å². The fourth-order valence-corrected chi connectivity index (χ4v) is 4.04. The minimum absolute atomic E-state index is 0.0900. The Hall–Kier alpha value is -2.49. The molecule has 0 spiro atoms. The molecular formula is C21H23IN6O. The van der Waals surface area contributed by atoms with Gasteiger partial charge < -0.3 is 9.80 Å². The minimum atomic E-state index is 0.0900. The van der Waals surface area contributed by atoms with Gasteiger partial charge in [-0.15, -0.1) is 0 Å². The molecule has 29 heavy (non-hydrogen) atoms. The van der Waals surface area contributed by atoms with Crippen LogP contribution in [0.2, 0.25) is 0 Å². The maximum atomic E-state index is 12.8. The topological polar surface area (TPSA) is 67.2 Å². The number of carbonyl (C=O) groups excluding carboxylic acids is 1. The predicted octanol–water partition coefficient (Wildman–Crippen LogP) is 3.15. The van der Waals surface area contributed by atoms with Crippen molar-refractivity contribution in [2.45, 2.75) is 20.8 Å². The zero-order valence-corrected chi connectivity index (χ0v) is 18.9. The summed E-state index contributed by atoms with van der Waals surface area (Å²) in [5, 5.41) is 0. The predicted molar refractivity (Wildman–Crippen MR) is 121 cm³/mol. The van der Waals surface area contributed by atoms with Crippen molar-refractivity contribution in [1.29, 1.82) is 0 Å². The van der Waals surface area contributed by atoms with Gasteiger partial charge in [-0.05, 0) is 61.6 Å². The van der Waals surface area contributed by atoms with E-state index >= 15 is 0 Å². The van der Waals surface area contributed by atoms with E-state index in [1.165, 1.54) is 0 Å². The van der Waals surface area contributed by atoms with Crippen LogP contribution < -0.4 is 4.90 Å². The van der Waals surface area contributed by atoms with E-state index in [1.807, 2.05) is 60.6 Å². The summed E-state index contributed by atoms with van der Waals surface area (Å²) in [5.74, 6) is 2.52. The van der Waals surface area contributed by atoms with Crippen LogP contribution in [0.5, 0.6) is 0 Å². The number of amides is 1. The molecule has 0 atom stereocenters. The van der Waals surface area contributed by atoms with Gasteiger partial charge in [0.15, 0.2) is 0 Å². The Balaban J connectivity index is 1.50. The standard InChI is InChI=1S/C21H23IN6O/c1-14-15(2)28(13-23-14)20-12-19(24-16(3)25-20)26-7-9-27(10-8-26)21(29)17-5-4-6-18(22)11-17/h4-6,11-13H,7-10H2,1-3H3. The molecule has 1 aromatic carbocycles. The molecule has 0 bridgehead atoms. The summed E-state index contributed by atoms with van der Waals surface area (Å²) >= 11 is 2.24. The van der Waals surface area contributed by atoms with Gasteiger partial charge in [-0.1, -0.05) is 6.07 Å². The zero-order chi connectivity index (χ0) is 20.5. The lowest BCUT2D eigenvalue weighted by molar-refractivity contribution is 0.0746. The number of carbonyl (C=O) groups is 1. The highest BCUT2D eigenvalue weighted by atomic mass is 127. The molecule has 1 aliphatic heterocycles. The highest BCUT2D eigenvalue weighted by Crippen LogP contribution is 2.20. The van der Waals surface area contributed by atoms with Gasteiger partial charge in [0, 0.05) is 47.1 Å². The Labute approximate surface area is 183 Å². The fraction of sp³-hybridized carbons (Fsp3) is 0.333. The highest BCUT2D eigenvalue weighted by molar-refractivity contribution is 14.1. The van der Waals surface area contributed by atoms with E-state index in [0.717, 1.165) is 51.1 Å². The van der Waals surface area contributed by atoms with Crippen molar-refractivity contribution >= 4 is 34.3 Å². The van der Waals surface area contributed by atoms with Crippen molar-refractivity contribution in [2.75, 3.05) is 31.1 Å². The van der Waals surface area contributed by atoms with E-state index in [1.54, 1.807) is 6.33 Å². The van der Waals surface area contributed by atoms with Crippen molar-refractivity contribution in [3.63, 3.8) is 0 Å². The number of hydrogen-bond donors (Lipinski definition) is 0. The van der Waals surface area contributed by atoms with E-state index in [9.17, 15) is 4.79 Å². The van der Waals surface area contributed by atoms with Gasteiger partial charge in [0.25, 0.3) is 5.91 Å². The molecule has 0 aliphatic carbocycles. The van der Waals surface area contributed by atoms with Gasteiger partial charge in [0.1, 0.15) is 23.8 Å². The van der Waals surface area contributed by atoms with E-state index < -0.39 is 0 Å². The van der Waals surface area contributed by atoms with Gasteiger partial charge in [-0.2, -0.15) is 0 Å². The first-order valence-electron chi connectivity index (χ1n) is 9.59. The van der Waals surface area contributed by atoms with Crippen LogP contribution in [-0.2, 0) is 0 Å². The third-order valence-electron chi connectivity index (χ3n) is 5.27. The molecule has 1 amide bonds. The van der Waals surface area contributed by atoms with E-state index in [0.29, 0.717) is 13.1 Å². The second kappa shape index (κ2) is 8.10. The summed E-state index contributed by atoms with van der Waals surface area (Å²) in [4.78, 5) is 30.5. The largest absolute Gasteiger partial charge is 0.353 e. The molecule has 3 aromatic rings. The van der Waals surface area contributed by atoms with Crippen molar-refractivity contribution in [3.8, 4) is 5.82 Å². The molecule has 0 N–H and O–H groups in total. The summed E-state index contributed by atoms with van der Waals surface area (Å²) < 4.78 is 3.06. The molecule has 4 rings (SSSR count). The maximum absolute atomic E-state index is 12.8. The third kappa shape index (κ3) is 4.12. The molecule has 0 saturated carbocycles. The Kier molecular flexibility index (Phi) is 5.53. The normalized spacial score (nSPS) is 14.3. The number of hydrogen-bond acceptors (Lipinski definition) is 5. The Morgan fingerprint density at radius 3 is 2.38 bits per heavy atom. The number of nitrogens with zero attached hydrogens (tertiary/aromatic N) is 6. The van der Waals surface area contributed by atoms with Crippen molar-refractivity contribution in [2.24, 2.45) is 0 Å². The first kappa shape index (κ1) is 19.8. The average Bonchev–Trinajstić information content (AvgIpc) is 3.06. The highest BCUT2D eigenvalue weighted by Gasteiger charge is 2.23. The Bertz CT molecular complexity index is 1060. The second-order valence-corrected chi connectivity index (χ2v) is 8.45. The maximum Gasteiger partial charge on any atom is 0.254 e. The Morgan fingerprint density at radius 1 is 1.00 bits per heavy atom. The quantitative estimate of drug-likeness (QED) is 0.515. The fourth-order valence-electron chi connectivity index (χ4n) is 3.49. The van der Waals surface area contributed by atoms with Gasteiger partial charge in [0.05, 0.1) is 5.69 Å². The Morgan fingerprint density at radius 2 is 1.72 bits per heavy atom. The summed E-state index contributed by atoms with van der Waals surface area (Å²) in [6.07, 6.45) is 1.80. The average molecular weight is 502 g/mol. The molecule has 0 radical (unpaired) electrons. The molecule has 1 saturated heterocycles. The lowest BCUT2D eigenvalue weighted by atomic mass is 10.2. The lowest BCUT2D eigenvalue weighted by Gasteiger charge is -2.35. The second-order valence-electron chi connectivity index (χ2n) is 7.21. The molecular weight excluding hydrogens is 479 g/mol. The summed E-state index contributed by atoms with van der Waals surface area (Å²) in [7, 11) is 0. The molecule has 0 unspecified atom stereocenters. The van der Waals surface area contributed by atoms with E-state index in [-0.39, 0.29) is 5.91 Å². The van der Waals surface area contributed by atoms with Crippen LogP contribution in [0.1, 0.15) is 27.6 Å². The molecule has 1 aliphatic rings. The smallest absolute Gasteiger partial charge is 0.254 e. The van der Waals surface area contributed by atoms with Crippen LogP contribution >= 0.6 is 22.6 Å². The first-order chi connectivity index (χ1) is 13.9. The number of aryl methyl sites for hydroxylation is 2. The van der Waals surface area contributed by atoms with Gasteiger partial charge in [-0.25, -0.2) is 15.0 Å². The van der Waals surface area contributed by atoms with Crippen molar-refractivity contribution in [1.82, 2.24) is 24.4 Å². The molecule has 1 fully saturated rings. The number of piperazine rings is 1. The van der Waals surface area contributed by atoms with Crippen LogP contribution in [-0.4, -0.2) is 56.5 Å². The number of imidazole rings is 1. The van der Waals surface area contributed by atoms with Gasteiger partial charge in [0.2, 0.25) is 0 Å². The minimum Gasteiger partial charge on any atom is -0.353 e. The SMILES string of the molecule is Cc1nc(N2CCN(C(=O)c3cccc(I)c3)CC2)cc(-n2cnc(C)c2C)n1. The zero-order valence-electron chi connectivity index (χ0n) is 16.8. The molecule has 3 heterocycles. The van der Waals surface area contributed by atoms with Crippen molar-refractivity contribution < 1.29 is 4.79 Å². The first-order valence-corrected chi connectivity index (χ1v) is 10.7. The molecule has 7 nitrogen and oxygen atoms in total. The van der Waals surface area contributed by atoms with Gasteiger partial charge in [-0.3, -0.25) is 9.36 Å². The van der Waals surface area contributed by atoms with E-state index in [4.69, 9.17) is 0 Å². The lowest BCUT2D eigenvalue weighted by Crippen LogP contribution is -2.49. The summed E-state index contributed by atoms with van der Waals surface area (Å²) in [6.45, 7) is 8.76. The van der Waals surface area contributed by atoms with Crippen molar-refractivity contribution in [3.05, 3.63) is 63.0 Å².